The minimum absolute atomic E-state index is 0.0847. The summed E-state index contributed by atoms with van der Waals surface area (Å²) >= 11 is 6.05. The van der Waals surface area contributed by atoms with E-state index < -0.39 is 21.7 Å². The number of nitrogens with one attached hydrogen (secondary N) is 1. The summed E-state index contributed by atoms with van der Waals surface area (Å²) in [5.74, 6) is -2.06. The number of hydrogen-bond donors (Lipinski definition) is 1. The molecule has 1 N–H and O–H groups in total. The standard InChI is InChI=1S/C13H16ClF2NO2S/c14-10-3-1-2-9(6-10)8-17-20(18,19)11-4-5-12(15)13(16)7-11/h4-5,7,9-10,17H,1-3,6,8H2. The van der Waals surface area contributed by atoms with Gasteiger partial charge in [0.15, 0.2) is 11.6 Å². The Morgan fingerprint density at radius 2 is 2.00 bits per heavy atom. The van der Waals surface area contributed by atoms with Crippen LogP contribution in [0, 0.1) is 17.6 Å². The SMILES string of the molecule is O=S(=O)(NCC1CCCC(Cl)C1)c1ccc(F)c(F)c1. The molecule has 1 aliphatic carbocycles. The second-order valence-electron chi connectivity index (χ2n) is 5.06. The fourth-order valence-corrected chi connectivity index (χ4v) is 3.90. The van der Waals surface area contributed by atoms with Crippen molar-refractivity contribution in [3.63, 3.8) is 0 Å². The quantitative estimate of drug-likeness (QED) is 0.866. The summed E-state index contributed by atoms with van der Waals surface area (Å²) in [5.41, 5.74) is 0. The van der Waals surface area contributed by atoms with Crippen LogP contribution < -0.4 is 4.72 Å². The molecule has 0 aliphatic heterocycles. The number of alkyl halides is 1. The van der Waals surface area contributed by atoms with Gasteiger partial charge in [-0.1, -0.05) is 6.42 Å². The van der Waals surface area contributed by atoms with E-state index in [-0.39, 0.29) is 22.7 Å². The zero-order valence-electron chi connectivity index (χ0n) is 10.8. The van der Waals surface area contributed by atoms with Gasteiger partial charge in [-0.25, -0.2) is 21.9 Å². The predicted octanol–water partition coefficient (Wildman–Crippen LogP) is 3.04. The van der Waals surface area contributed by atoms with Crippen LogP contribution in [0.1, 0.15) is 25.7 Å². The van der Waals surface area contributed by atoms with E-state index in [0.29, 0.717) is 6.07 Å². The van der Waals surface area contributed by atoms with E-state index in [4.69, 9.17) is 11.6 Å². The molecule has 2 rings (SSSR count). The molecule has 0 spiro atoms. The van der Waals surface area contributed by atoms with E-state index >= 15 is 0 Å². The molecule has 1 aromatic carbocycles. The average molecular weight is 324 g/mol. The first-order chi connectivity index (χ1) is 9.38. The molecule has 7 heteroatoms. The van der Waals surface area contributed by atoms with Crippen molar-refractivity contribution in [1.82, 2.24) is 4.72 Å². The normalized spacial score (nSPS) is 23.8. The molecule has 112 valence electrons. The molecule has 0 saturated heterocycles. The van der Waals surface area contributed by atoms with Crippen LogP contribution in [0.25, 0.3) is 0 Å². The van der Waals surface area contributed by atoms with Crippen LogP contribution in [-0.2, 0) is 10.0 Å². The zero-order chi connectivity index (χ0) is 14.8. The van der Waals surface area contributed by atoms with Gasteiger partial charge in [0.25, 0.3) is 0 Å². The highest BCUT2D eigenvalue weighted by atomic mass is 35.5. The van der Waals surface area contributed by atoms with Crippen molar-refractivity contribution in [2.75, 3.05) is 6.54 Å². The summed E-state index contributed by atoms with van der Waals surface area (Å²) in [4.78, 5) is -0.269. The lowest BCUT2D eigenvalue weighted by Crippen LogP contribution is -2.32. The maximum Gasteiger partial charge on any atom is 0.240 e. The maximum absolute atomic E-state index is 13.1. The Morgan fingerprint density at radius 3 is 2.65 bits per heavy atom. The molecular formula is C13H16ClF2NO2S. The topological polar surface area (TPSA) is 46.2 Å². The van der Waals surface area contributed by atoms with Gasteiger partial charge in [0.2, 0.25) is 10.0 Å². The summed E-state index contributed by atoms with van der Waals surface area (Å²) in [6, 6.07) is 2.54. The molecule has 2 unspecified atom stereocenters. The van der Waals surface area contributed by atoms with Gasteiger partial charge in [-0.3, -0.25) is 0 Å². The van der Waals surface area contributed by atoms with Gasteiger partial charge in [-0.15, -0.1) is 11.6 Å². The highest BCUT2D eigenvalue weighted by Gasteiger charge is 2.23. The number of halogens is 3. The molecule has 0 bridgehead atoms. The van der Waals surface area contributed by atoms with Gasteiger partial charge in [-0.2, -0.15) is 0 Å². The Morgan fingerprint density at radius 1 is 1.25 bits per heavy atom. The van der Waals surface area contributed by atoms with Crippen LogP contribution in [0.4, 0.5) is 8.78 Å². The lowest BCUT2D eigenvalue weighted by molar-refractivity contribution is 0.361. The highest BCUT2D eigenvalue weighted by molar-refractivity contribution is 7.89. The first kappa shape index (κ1) is 15.7. The van der Waals surface area contributed by atoms with E-state index in [1.165, 1.54) is 0 Å². The molecule has 2 atom stereocenters. The van der Waals surface area contributed by atoms with Gasteiger partial charge in [0, 0.05) is 11.9 Å². The van der Waals surface area contributed by atoms with Crippen LogP contribution in [0.5, 0.6) is 0 Å². The molecule has 0 amide bonds. The maximum atomic E-state index is 13.1. The number of hydrogen-bond acceptors (Lipinski definition) is 2. The van der Waals surface area contributed by atoms with E-state index in [1.54, 1.807) is 0 Å². The molecule has 0 heterocycles. The van der Waals surface area contributed by atoms with Crippen molar-refractivity contribution in [3.8, 4) is 0 Å². The van der Waals surface area contributed by atoms with E-state index in [0.717, 1.165) is 37.8 Å². The lowest BCUT2D eigenvalue weighted by Gasteiger charge is -2.25. The molecule has 0 radical (unpaired) electrons. The molecule has 1 fully saturated rings. The first-order valence-electron chi connectivity index (χ1n) is 6.47. The van der Waals surface area contributed by atoms with Crippen molar-refractivity contribution in [2.24, 2.45) is 5.92 Å². The Kier molecular flexibility index (Phi) is 4.99. The van der Waals surface area contributed by atoms with Gasteiger partial charge < -0.3 is 0 Å². The van der Waals surface area contributed by atoms with E-state index in [2.05, 4.69) is 4.72 Å². The van der Waals surface area contributed by atoms with Crippen LogP contribution in [-0.4, -0.2) is 20.3 Å². The predicted molar refractivity (Wildman–Crippen MR) is 73.1 cm³/mol. The molecular weight excluding hydrogens is 308 g/mol. The van der Waals surface area contributed by atoms with Crippen molar-refractivity contribution >= 4 is 21.6 Å². The van der Waals surface area contributed by atoms with Gasteiger partial charge in [0.1, 0.15) is 0 Å². The van der Waals surface area contributed by atoms with E-state index in [1.807, 2.05) is 0 Å². The van der Waals surface area contributed by atoms with Gasteiger partial charge >= 0.3 is 0 Å². The molecule has 3 nitrogen and oxygen atoms in total. The third-order valence-corrected chi connectivity index (χ3v) is 5.30. The summed E-state index contributed by atoms with van der Waals surface area (Å²) < 4.78 is 52.3. The smallest absolute Gasteiger partial charge is 0.211 e. The van der Waals surface area contributed by atoms with Crippen LogP contribution >= 0.6 is 11.6 Å². The fraction of sp³-hybridized carbons (Fsp3) is 0.538. The Balaban J connectivity index is 2.01. The Bertz CT molecular complexity index is 580. The number of sulfonamides is 1. The lowest BCUT2D eigenvalue weighted by atomic mass is 9.89. The molecule has 1 aromatic rings. The fourth-order valence-electron chi connectivity index (χ4n) is 2.37. The molecule has 0 aromatic heterocycles. The molecule has 20 heavy (non-hydrogen) atoms. The largest absolute Gasteiger partial charge is 0.240 e. The van der Waals surface area contributed by atoms with Crippen LogP contribution in [0.15, 0.2) is 23.1 Å². The van der Waals surface area contributed by atoms with Crippen molar-refractivity contribution in [3.05, 3.63) is 29.8 Å². The molecule has 1 aliphatic rings. The van der Waals surface area contributed by atoms with E-state index in [9.17, 15) is 17.2 Å². The van der Waals surface area contributed by atoms with Gasteiger partial charge in [0.05, 0.1) is 4.90 Å². The Hall–Kier alpha value is -0.720. The number of rotatable bonds is 4. The summed E-state index contributed by atoms with van der Waals surface area (Å²) in [6.45, 7) is 0.268. The second kappa shape index (κ2) is 6.37. The summed E-state index contributed by atoms with van der Waals surface area (Å²) in [7, 11) is -3.82. The second-order valence-corrected chi connectivity index (χ2v) is 7.44. The number of benzene rings is 1. The third kappa shape index (κ3) is 3.90. The van der Waals surface area contributed by atoms with Gasteiger partial charge in [-0.05, 0) is 43.4 Å². The minimum Gasteiger partial charge on any atom is -0.211 e. The zero-order valence-corrected chi connectivity index (χ0v) is 12.4. The molecule has 1 saturated carbocycles. The average Bonchev–Trinajstić information content (AvgIpc) is 2.40. The van der Waals surface area contributed by atoms with Crippen LogP contribution in [0.2, 0.25) is 0 Å². The first-order valence-corrected chi connectivity index (χ1v) is 8.39. The van der Waals surface area contributed by atoms with Crippen molar-refractivity contribution in [2.45, 2.75) is 36.0 Å². The van der Waals surface area contributed by atoms with Crippen molar-refractivity contribution < 1.29 is 17.2 Å². The highest BCUT2D eigenvalue weighted by Crippen LogP contribution is 2.27. The minimum atomic E-state index is -3.82. The van der Waals surface area contributed by atoms with Crippen LogP contribution in [0.3, 0.4) is 0 Å². The van der Waals surface area contributed by atoms with Crippen molar-refractivity contribution in [1.29, 1.82) is 0 Å². The monoisotopic (exact) mass is 323 g/mol. The summed E-state index contributed by atoms with van der Waals surface area (Å²) in [5, 5.41) is 0.0847. The summed E-state index contributed by atoms with van der Waals surface area (Å²) in [6.07, 6.45) is 3.62. The Labute approximate surface area is 122 Å². The third-order valence-electron chi connectivity index (χ3n) is 3.48.